The van der Waals surface area contributed by atoms with Crippen molar-refractivity contribution in [1.82, 2.24) is 0 Å². The molecule has 0 heterocycles. The monoisotopic (exact) mass is 178 g/mol. The Hall–Kier alpha value is -0.590. The van der Waals surface area contributed by atoms with Gasteiger partial charge < -0.3 is 0 Å². The molecule has 2 aliphatic carbocycles. The Kier molecular flexibility index (Phi) is 2.52. The van der Waals surface area contributed by atoms with E-state index in [0.717, 1.165) is 25.7 Å². The van der Waals surface area contributed by atoms with Gasteiger partial charge in [-0.25, -0.2) is 0 Å². The van der Waals surface area contributed by atoms with Crippen molar-refractivity contribution < 1.29 is 4.79 Å². The van der Waals surface area contributed by atoms with Gasteiger partial charge in [0.25, 0.3) is 0 Å². The molecule has 0 amide bonds. The Morgan fingerprint density at radius 3 is 2.08 bits per heavy atom. The van der Waals surface area contributed by atoms with E-state index in [2.05, 4.69) is 6.58 Å². The lowest BCUT2D eigenvalue weighted by molar-refractivity contribution is -0.128. The van der Waals surface area contributed by atoms with Crippen LogP contribution >= 0.6 is 0 Å². The molecule has 1 nitrogen and oxygen atoms in total. The van der Waals surface area contributed by atoms with E-state index >= 15 is 0 Å². The van der Waals surface area contributed by atoms with Crippen molar-refractivity contribution in [3.05, 3.63) is 12.2 Å². The molecule has 0 aromatic carbocycles. The normalized spacial score (nSPS) is 35.4. The summed E-state index contributed by atoms with van der Waals surface area (Å²) < 4.78 is 0. The second kappa shape index (κ2) is 3.65. The fourth-order valence-electron chi connectivity index (χ4n) is 2.76. The number of allylic oxidation sites excluding steroid dienone is 1. The molecule has 2 atom stereocenters. The molecule has 0 aliphatic heterocycles. The van der Waals surface area contributed by atoms with E-state index < -0.39 is 0 Å². The van der Waals surface area contributed by atoms with Gasteiger partial charge in [0.1, 0.15) is 5.78 Å². The quantitative estimate of drug-likeness (QED) is 0.521. The third-order valence-electron chi connectivity index (χ3n) is 3.48. The lowest BCUT2D eigenvalue weighted by atomic mass is 9.72. The molecule has 0 aromatic heterocycles. The summed E-state index contributed by atoms with van der Waals surface area (Å²) in [5.41, 5.74) is 1.32. The van der Waals surface area contributed by atoms with E-state index in [0.29, 0.717) is 17.6 Å². The molecular weight excluding hydrogens is 160 g/mol. The van der Waals surface area contributed by atoms with Gasteiger partial charge in [0.15, 0.2) is 0 Å². The molecule has 13 heavy (non-hydrogen) atoms. The number of Topliss-reactive ketones (excluding diaryl/α,β-unsaturated/α-hetero) is 1. The molecule has 0 saturated heterocycles. The first-order chi connectivity index (χ1) is 6.27. The molecule has 0 N–H and O–H groups in total. The van der Waals surface area contributed by atoms with E-state index in [1.807, 2.05) is 0 Å². The fraction of sp³-hybridized carbons (Fsp3) is 0.750. The smallest absolute Gasteiger partial charge is 0.139 e. The second-order valence-electron chi connectivity index (χ2n) is 4.59. The Balaban J connectivity index is 2.13. The number of hydrogen-bond acceptors (Lipinski definition) is 1. The van der Waals surface area contributed by atoms with Crippen LogP contribution in [-0.4, -0.2) is 5.78 Å². The molecule has 2 bridgehead atoms. The average Bonchev–Trinajstić information content (AvgIpc) is 2.11. The summed E-state index contributed by atoms with van der Waals surface area (Å²) in [6.07, 6.45) is 8.02. The number of ketones is 1. The van der Waals surface area contributed by atoms with Gasteiger partial charge in [-0.3, -0.25) is 4.79 Å². The van der Waals surface area contributed by atoms with Crippen LogP contribution in [0.3, 0.4) is 0 Å². The van der Waals surface area contributed by atoms with Crippen molar-refractivity contribution in [3.8, 4) is 0 Å². The van der Waals surface area contributed by atoms with Crippen LogP contribution in [0.25, 0.3) is 0 Å². The first-order valence-electron chi connectivity index (χ1n) is 5.48. The summed E-state index contributed by atoms with van der Waals surface area (Å²) in [7, 11) is 0. The number of carbonyl (C=O) groups excluding carboxylic acids is 1. The maximum atomic E-state index is 11.9. The van der Waals surface area contributed by atoms with Crippen LogP contribution in [0, 0.1) is 11.8 Å². The van der Waals surface area contributed by atoms with Crippen molar-refractivity contribution >= 4 is 5.78 Å². The Morgan fingerprint density at radius 2 is 1.54 bits per heavy atom. The predicted molar refractivity (Wildman–Crippen MR) is 53.4 cm³/mol. The van der Waals surface area contributed by atoms with Crippen LogP contribution in [0.15, 0.2) is 12.2 Å². The van der Waals surface area contributed by atoms with E-state index in [1.54, 1.807) is 0 Å². The summed E-state index contributed by atoms with van der Waals surface area (Å²) in [6, 6.07) is 0. The minimum Gasteiger partial charge on any atom is -0.299 e. The summed E-state index contributed by atoms with van der Waals surface area (Å²) in [4.78, 5) is 11.9. The molecule has 2 saturated carbocycles. The van der Waals surface area contributed by atoms with Gasteiger partial charge >= 0.3 is 0 Å². The zero-order chi connectivity index (χ0) is 9.26. The number of hydrogen-bond donors (Lipinski definition) is 0. The molecule has 1 heteroatoms. The number of rotatable bonds is 0. The Morgan fingerprint density at radius 1 is 1.00 bits per heavy atom. The highest BCUT2D eigenvalue weighted by atomic mass is 16.1. The van der Waals surface area contributed by atoms with Crippen molar-refractivity contribution in [2.75, 3.05) is 0 Å². The molecule has 0 radical (unpaired) electrons. The molecule has 72 valence electrons. The Labute approximate surface area is 80.2 Å². The van der Waals surface area contributed by atoms with Gasteiger partial charge in [0, 0.05) is 11.8 Å². The van der Waals surface area contributed by atoms with Gasteiger partial charge in [0.2, 0.25) is 0 Å². The van der Waals surface area contributed by atoms with E-state index in [4.69, 9.17) is 0 Å². The van der Waals surface area contributed by atoms with Crippen molar-refractivity contribution in [2.24, 2.45) is 11.8 Å². The maximum Gasteiger partial charge on any atom is 0.139 e. The van der Waals surface area contributed by atoms with E-state index in [9.17, 15) is 4.79 Å². The lowest BCUT2D eigenvalue weighted by Crippen LogP contribution is -2.30. The Bertz CT molecular complexity index is 209. The zero-order valence-corrected chi connectivity index (χ0v) is 8.22. The van der Waals surface area contributed by atoms with Gasteiger partial charge in [-0.2, -0.15) is 0 Å². The van der Waals surface area contributed by atoms with Crippen LogP contribution in [0.4, 0.5) is 0 Å². The first kappa shape index (κ1) is 8.98. The number of carbonyl (C=O) groups is 1. The highest BCUT2D eigenvalue weighted by molar-refractivity contribution is 5.85. The molecule has 2 aliphatic rings. The van der Waals surface area contributed by atoms with Gasteiger partial charge in [-0.05, 0) is 25.7 Å². The average molecular weight is 178 g/mol. The molecule has 2 rings (SSSR count). The number of fused-ring (bicyclic) bond motifs is 2. The van der Waals surface area contributed by atoms with Gasteiger partial charge in [-0.15, -0.1) is 0 Å². The molecular formula is C12H18O. The third-order valence-corrected chi connectivity index (χ3v) is 3.48. The predicted octanol–water partition coefficient (Wildman–Crippen LogP) is 3.10. The van der Waals surface area contributed by atoms with Crippen LogP contribution < -0.4 is 0 Å². The topological polar surface area (TPSA) is 17.1 Å². The van der Waals surface area contributed by atoms with E-state index in [-0.39, 0.29) is 0 Å². The lowest BCUT2D eigenvalue weighted by Gasteiger charge is -2.31. The van der Waals surface area contributed by atoms with Crippen molar-refractivity contribution in [1.29, 1.82) is 0 Å². The largest absolute Gasteiger partial charge is 0.299 e. The van der Waals surface area contributed by atoms with Crippen LogP contribution in [0.1, 0.15) is 44.9 Å². The van der Waals surface area contributed by atoms with E-state index in [1.165, 1.54) is 24.8 Å². The first-order valence-corrected chi connectivity index (χ1v) is 5.48. The fourth-order valence-corrected chi connectivity index (χ4v) is 2.76. The highest BCUT2D eigenvalue weighted by Crippen LogP contribution is 2.36. The minimum atomic E-state index is 0.339. The summed E-state index contributed by atoms with van der Waals surface area (Å²) in [6.45, 7) is 4.05. The summed E-state index contributed by atoms with van der Waals surface area (Å²) in [5, 5.41) is 0. The van der Waals surface area contributed by atoms with Crippen LogP contribution in [0.5, 0.6) is 0 Å². The van der Waals surface area contributed by atoms with Crippen molar-refractivity contribution in [2.45, 2.75) is 44.9 Å². The molecule has 0 spiro atoms. The summed E-state index contributed by atoms with van der Waals surface area (Å²) in [5.74, 6) is 1.23. The molecule has 2 fully saturated rings. The third kappa shape index (κ3) is 1.84. The van der Waals surface area contributed by atoms with Gasteiger partial charge in [-0.1, -0.05) is 31.4 Å². The van der Waals surface area contributed by atoms with Crippen LogP contribution in [0.2, 0.25) is 0 Å². The summed E-state index contributed by atoms with van der Waals surface area (Å²) >= 11 is 0. The maximum absolute atomic E-state index is 11.9. The SMILES string of the molecule is C=C1C[C@H]2CCCCC[C@@H](C1)C2=O. The molecule has 0 aromatic rings. The highest BCUT2D eigenvalue weighted by Gasteiger charge is 2.32. The minimum absolute atomic E-state index is 0.339. The second-order valence-corrected chi connectivity index (χ2v) is 4.59. The van der Waals surface area contributed by atoms with Crippen molar-refractivity contribution in [3.63, 3.8) is 0 Å². The van der Waals surface area contributed by atoms with Gasteiger partial charge in [0.05, 0.1) is 0 Å². The molecule has 0 unspecified atom stereocenters. The van der Waals surface area contributed by atoms with Crippen LogP contribution in [-0.2, 0) is 4.79 Å². The standard InChI is InChI=1S/C12H18O/c1-9-7-10-5-3-2-4-6-11(8-9)12(10)13/h10-11H,1-8H2/t10-,11+. The zero-order valence-electron chi connectivity index (χ0n) is 8.22.